The Hall–Kier alpha value is -3.09. The van der Waals surface area contributed by atoms with Crippen molar-refractivity contribution in [3.8, 4) is 5.75 Å². The number of methoxy groups -OCH3 is 1. The molecule has 0 saturated carbocycles. The van der Waals surface area contributed by atoms with Crippen LogP contribution in [0.15, 0.2) is 41.0 Å². The molecular weight excluding hydrogens is 362 g/mol. The molecule has 1 amide bonds. The van der Waals surface area contributed by atoms with Gasteiger partial charge in [0, 0.05) is 24.2 Å². The topological polar surface area (TPSA) is 86.0 Å². The molecule has 1 atom stereocenters. The van der Waals surface area contributed by atoms with Gasteiger partial charge in [0.2, 0.25) is 0 Å². The van der Waals surface area contributed by atoms with E-state index in [4.69, 9.17) is 13.9 Å². The molecule has 3 rings (SSSR count). The molecule has 1 aromatic carbocycles. The zero-order valence-corrected chi connectivity index (χ0v) is 16.0. The number of likely N-dealkylation sites (tertiary alicyclic amines) is 1. The van der Waals surface area contributed by atoms with E-state index >= 15 is 0 Å². The van der Waals surface area contributed by atoms with E-state index in [1.54, 1.807) is 35.2 Å². The number of ketones is 1. The first-order valence-corrected chi connectivity index (χ1v) is 9.17. The number of hydrogen-bond donors (Lipinski definition) is 0. The molecule has 1 fully saturated rings. The Bertz CT molecular complexity index is 858. The average Bonchev–Trinajstić information content (AvgIpc) is 3.26. The minimum atomic E-state index is -0.394. The van der Waals surface area contributed by atoms with Gasteiger partial charge < -0.3 is 18.8 Å². The minimum absolute atomic E-state index is 0.00571. The van der Waals surface area contributed by atoms with Crippen LogP contribution in [-0.4, -0.2) is 42.8 Å². The van der Waals surface area contributed by atoms with E-state index in [9.17, 15) is 14.4 Å². The third kappa shape index (κ3) is 4.42. The zero-order chi connectivity index (χ0) is 20.1. The summed E-state index contributed by atoms with van der Waals surface area (Å²) in [7, 11) is 1.52. The average molecular weight is 385 g/mol. The number of furan rings is 1. The molecule has 2 aromatic rings. The number of nitrogens with zero attached hydrogens (tertiary/aromatic N) is 1. The third-order valence-corrected chi connectivity index (χ3v) is 4.83. The molecule has 0 aliphatic carbocycles. The maximum Gasteiger partial charge on any atom is 0.311 e. The van der Waals surface area contributed by atoms with Crippen LogP contribution in [0.1, 0.15) is 46.2 Å². The quantitative estimate of drug-likeness (QED) is 0.561. The number of carbonyl (C=O) groups excluding carboxylic acids is 3. The van der Waals surface area contributed by atoms with Crippen LogP contribution in [0.3, 0.4) is 0 Å². The Balaban J connectivity index is 1.62. The minimum Gasteiger partial charge on any atom is -0.496 e. The summed E-state index contributed by atoms with van der Waals surface area (Å²) in [6, 6.07) is 8.29. The highest BCUT2D eigenvalue weighted by Gasteiger charge is 2.31. The van der Waals surface area contributed by atoms with Crippen molar-refractivity contribution in [2.45, 2.75) is 26.4 Å². The number of hydrogen-bond acceptors (Lipinski definition) is 6. The number of esters is 1. The van der Waals surface area contributed by atoms with Gasteiger partial charge in [-0.25, -0.2) is 0 Å². The molecule has 7 nitrogen and oxygen atoms in total. The number of Topliss-reactive ketones (excluding diaryl/α,β-unsaturated/α-hetero) is 1. The molecule has 1 aromatic heterocycles. The molecule has 7 heteroatoms. The molecule has 0 N–H and O–H groups in total. The van der Waals surface area contributed by atoms with Crippen LogP contribution < -0.4 is 4.74 Å². The smallest absolute Gasteiger partial charge is 0.311 e. The highest BCUT2D eigenvalue weighted by Crippen LogP contribution is 2.24. The number of piperidine rings is 1. The molecule has 1 aliphatic heterocycles. The fourth-order valence-corrected chi connectivity index (χ4v) is 3.29. The van der Waals surface area contributed by atoms with Crippen molar-refractivity contribution in [1.82, 2.24) is 4.90 Å². The van der Waals surface area contributed by atoms with Gasteiger partial charge in [0.15, 0.2) is 11.5 Å². The van der Waals surface area contributed by atoms with Gasteiger partial charge in [0.1, 0.15) is 12.4 Å². The van der Waals surface area contributed by atoms with Crippen molar-refractivity contribution in [2.75, 3.05) is 20.2 Å². The molecule has 0 bridgehead atoms. The normalized spacial score (nSPS) is 16.5. The van der Waals surface area contributed by atoms with Crippen molar-refractivity contribution >= 4 is 17.7 Å². The predicted molar refractivity (Wildman–Crippen MR) is 100 cm³/mol. The van der Waals surface area contributed by atoms with Gasteiger partial charge in [-0.1, -0.05) is 0 Å². The second-order valence-electron chi connectivity index (χ2n) is 6.76. The number of amides is 1. The molecular formula is C21H23NO6. The first kappa shape index (κ1) is 19.7. The van der Waals surface area contributed by atoms with Crippen LogP contribution in [-0.2, 0) is 16.1 Å². The number of carbonyl (C=O) groups is 3. The first-order chi connectivity index (χ1) is 13.5. The van der Waals surface area contributed by atoms with Gasteiger partial charge in [0.05, 0.1) is 19.3 Å². The predicted octanol–water partition coefficient (Wildman–Crippen LogP) is 3.09. The highest BCUT2D eigenvalue weighted by molar-refractivity contribution is 5.94. The summed E-state index contributed by atoms with van der Waals surface area (Å²) >= 11 is 0. The van der Waals surface area contributed by atoms with E-state index in [0.717, 1.165) is 6.42 Å². The number of rotatable bonds is 6. The zero-order valence-electron chi connectivity index (χ0n) is 16.0. The van der Waals surface area contributed by atoms with Gasteiger partial charge in [-0.3, -0.25) is 14.4 Å². The van der Waals surface area contributed by atoms with Crippen molar-refractivity contribution < 1.29 is 28.3 Å². The fraction of sp³-hybridized carbons (Fsp3) is 0.381. The van der Waals surface area contributed by atoms with Gasteiger partial charge >= 0.3 is 5.97 Å². The van der Waals surface area contributed by atoms with Crippen LogP contribution in [0.5, 0.6) is 5.75 Å². The summed E-state index contributed by atoms with van der Waals surface area (Å²) in [5.41, 5.74) is 1.16. The maximum atomic E-state index is 12.6. The summed E-state index contributed by atoms with van der Waals surface area (Å²) < 4.78 is 15.9. The summed E-state index contributed by atoms with van der Waals surface area (Å²) in [4.78, 5) is 38.2. The van der Waals surface area contributed by atoms with Gasteiger partial charge in [-0.2, -0.15) is 0 Å². The van der Waals surface area contributed by atoms with E-state index in [0.29, 0.717) is 36.4 Å². The lowest BCUT2D eigenvalue weighted by atomic mass is 9.98. The third-order valence-electron chi connectivity index (χ3n) is 4.83. The molecule has 0 spiro atoms. The van der Waals surface area contributed by atoms with Gasteiger partial charge in [0.25, 0.3) is 5.91 Å². The van der Waals surface area contributed by atoms with Gasteiger partial charge in [-0.05, 0) is 50.1 Å². The van der Waals surface area contributed by atoms with Crippen LogP contribution >= 0.6 is 0 Å². The summed E-state index contributed by atoms with van der Waals surface area (Å²) in [6.45, 7) is 2.36. The first-order valence-electron chi connectivity index (χ1n) is 9.17. The number of ether oxygens (including phenoxy) is 2. The lowest BCUT2D eigenvalue weighted by molar-refractivity contribution is -0.151. The van der Waals surface area contributed by atoms with Crippen LogP contribution in [0.25, 0.3) is 0 Å². The Morgan fingerprint density at radius 3 is 2.75 bits per heavy atom. The Morgan fingerprint density at radius 2 is 2.07 bits per heavy atom. The summed E-state index contributed by atoms with van der Waals surface area (Å²) in [6.07, 6.45) is 2.83. The van der Waals surface area contributed by atoms with E-state index in [1.807, 2.05) is 0 Å². The number of benzene rings is 1. The molecule has 1 saturated heterocycles. The Labute approximate surface area is 163 Å². The van der Waals surface area contributed by atoms with Crippen molar-refractivity contribution in [3.63, 3.8) is 0 Å². The Morgan fingerprint density at radius 1 is 1.25 bits per heavy atom. The van der Waals surface area contributed by atoms with Crippen LogP contribution in [0, 0.1) is 5.92 Å². The van der Waals surface area contributed by atoms with Crippen LogP contribution in [0.2, 0.25) is 0 Å². The highest BCUT2D eigenvalue weighted by atomic mass is 16.5. The summed E-state index contributed by atoms with van der Waals surface area (Å²) in [5.74, 6) is -0.245. The maximum absolute atomic E-state index is 12.6. The second-order valence-corrected chi connectivity index (χ2v) is 6.76. The van der Waals surface area contributed by atoms with Gasteiger partial charge in [-0.15, -0.1) is 0 Å². The van der Waals surface area contributed by atoms with E-state index in [1.165, 1.54) is 20.3 Å². The van der Waals surface area contributed by atoms with Crippen molar-refractivity contribution in [1.29, 1.82) is 0 Å². The molecule has 2 heterocycles. The molecule has 0 unspecified atom stereocenters. The summed E-state index contributed by atoms with van der Waals surface area (Å²) in [5, 5.41) is 0. The monoisotopic (exact) mass is 385 g/mol. The van der Waals surface area contributed by atoms with E-state index in [-0.39, 0.29) is 30.0 Å². The van der Waals surface area contributed by atoms with E-state index < -0.39 is 5.92 Å². The molecule has 148 valence electrons. The Kier molecular flexibility index (Phi) is 6.13. The van der Waals surface area contributed by atoms with E-state index in [2.05, 4.69) is 0 Å². The lowest BCUT2D eigenvalue weighted by Gasteiger charge is -2.31. The van der Waals surface area contributed by atoms with Crippen molar-refractivity contribution in [3.05, 3.63) is 53.5 Å². The fourth-order valence-electron chi connectivity index (χ4n) is 3.29. The van der Waals surface area contributed by atoms with Crippen molar-refractivity contribution in [2.24, 2.45) is 5.92 Å². The SMILES string of the molecule is COc1ccc(C(C)=O)cc1COC(=O)[C@@H]1CCCN(C(=O)c2ccco2)C1. The second kappa shape index (κ2) is 8.73. The molecule has 1 aliphatic rings. The lowest BCUT2D eigenvalue weighted by Crippen LogP contribution is -2.42. The standard InChI is InChI=1S/C21H23NO6/c1-14(23)15-7-8-18(26-2)17(11-15)13-28-21(25)16-5-3-9-22(12-16)20(24)19-6-4-10-27-19/h4,6-8,10-11,16H,3,5,9,12-13H2,1-2H3/t16-/m1/s1. The largest absolute Gasteiger partial charge is 0.496 e. The van der Waals surface area contributed by atoms with Crippen LogP contribution in [0.4, 0.5) is 0 Å². The molecule has 0 radical (unpaired) electrons. The molecule has 28 heavy (non-hydrogen) atoms.